The first-order chi connectivity index (χ1) is 10.2. The van der Waals surface area contributed by atoms with Crippen LogP contribution in [0.3, 0.4) is 0 Å². The van der Waals surface area contributed by atoms with Crippen molar-refractivity contribution in [1.29, 1.82) is 0 Å². The van der Waals surface area contributed by atoms with Crippen molar-refractivity contribution >= 4 is 22.4 Å². The van der Waals surface area contributed by atoms with E-state index in [1.165, 1.54) is 5.69 Å². The fourth-order valence-corrected chi connectivity index (χ4v) is 2.65. The quantitative estimate of drug-likeness (QED) is 0.745. The fraction of sp³-hybridized carbons (Fsp3) is 0.235. The van der Waals surface area contributed by atoms with Crippen molar-refractivity contribution in [2.75, 3.05) is 23.7 Å². The molecule has 3 rings (SSSR count). The van der Waals surface area contributed by atoms with Crippen LogP contribution in [0.25, 0.3) is 16.7 Å². The van der Waals surface area contributed by atoms with Gasteiger partial charge in [-0.2, -0.15) is 0 Å². The lowest BCUT2D eigenvalue weighted by Crippen LogP contribution is -2.21. The summed E-state index contributed by atoms with van der Waals surface area (Å²) in [5.41, 5.74) is 10.9. The van der Waals surface area contributed by atoms with Crippen LogP contribution in [0.15, 0.2) is 48.8 Å². The van der Waals surface area contributed by atoms with Crippen LogP contribution in [0.2, 0.25) is 0 Å². The number of hydrogen-bond acceptors (Lipinski definition) is 3. The van der Waals surface area contributed by atoms with Gasteiger partial charge in [-0.25, -0.2) is 4.98 Å². The molecule has 0 aliphatic heterocycles. The number of anilines is 2. The molecule has 4 nitrogen and oxygen atoms in total. The molecule has 0 spiro atoms. The third-order valence-electron chi connectivity index (χ3n) is 3.83. The van der Waals surface area contributed by atoms with Gasteiger partial charge in [0.2, 0.25) is 0 Å². The Labute approximate surface area is 124 Å². The predicted octanol–water partition coefficient (Wildman–Crippen LogP) is 3.45. The highest BCUT2D eigenvalue weighted by atomic mass is 15.1. The first-order valence-corrected chi connectivity index (χ1v) is 7.31. The van der Waals surface area contributed by atoms with Gasteiger partial charge in [-0.05, 0) is 56.3 Å². The van der Waals surface area contributed by atoms with Crippen LogP contribution in [0.5, 0.6) is 0 Å². The number of aromatic nitrogens is 2. The number of nitrogens with two attached hydrogens (primary N) is 1. The van der Waals surface area contributed by atoms with E-state index in [4.69, 9.17) is 5.73 Å². The summed E-state index contributed by atoms with van der Waals surface area (Å²) < 4.78 is 2.08. The molecule has 0 atom stereocenters. The van der Waals surface area contributed by atoms with Gasteiger partial charge in [0.25, 0.3) is 0 Å². The second-order valence-electron chi connectivity index (χ2n) is 5.05. The molecule has 0 saturated heterocycles. The largest absolute Gasteiger partial charge is 0.399 e. The highest BCUT2D eigenvalue weighted by molar-refractivity contribution is 5.80. The minimum absolute atomic E-state index is 0.740. The maximum atomic E-state index is 5.80. The summed E-state index contributed by atoms with van der Waals surface area (Å²) in [4.78, 5) is 6.75. The predicted molar refractivity (Wildman–Crippen MR) is 89.0 cm³/mol. The van der Waals surface area contributed by atoms with Gasteiger partial charge in [-0.3, -0.25) is 4.57 Å². The number of nitrogens with zero attached hydrogens (tertiary/aromatic N) is 3. The second-order valence-corrected chi connectivity index (χ2v) is 5.05. The Morgan fingerprint density at radius 3 is 2.43 bits per heavy atom. The van der Waals surface area contributed by atoms with Gasteiger partial charge in [-0.1, -0.05) is 0 Å². The molecule has 0 fully saturated rings. The van der Waals surface area contributed by atoms with Gasteiger partial charge in [0.05, 0.1) is 11.0 Å². The summed E-state index contributed by atoms with van der Waals surface area (Å²) in [5.74, 6) is 0. The molecular formula is C17H20N4. The SMILES string of the molecule is CCN(CC)c1ccc(-n2cnc3cc(N)ccc32)cc1. The highest BCUT2D eigenvalue weighted by Gasteiger charge is 2.06. The van der Waals surface area contributed by atoms with E-state index >= 15 is 0 Å². The molecule has 0 amide bonds. The Morgan fingerprint density at radius 2 is 1.76 bits per heavy atom. The zero-order valence-corrected chi connectivity index (χ0v) is 12.5. The van der Waals surface area contributed by atoms with Crippen LogP contribution in [-0.2, 0) is 0 Å². The lowest BCUT2D eigenvalue weighted by molar-refractivity contribution is 0.866. The van der Waals surface area contributed by atoms with E-state index in [1.807, 2.05) is 24.5 Å². The maximum absolute atomic E-state index is 5.80. The zero-order chi connectivity index (χ0) is 14.8. The summed E-state index contributed by atoms with van der Waals surface area (Å²) in [7, 11) is 0. The van der Waals surface area contributed by atoms with E-state index in [1.54, 1.807) is 0 Å². The van der Waals surface area contributed by atoms with Gasteiger partial charge in [0, 0.05) is 30.2 Å². The molecule has 1 aromatic heterocycles. The minimum Gasteiger partial charge on any atom is -0.399 e. The van der Waals surface area contributed by atoms with Crippen molar-refractivity contribution in [3.05, 3.63) is 48.8 Å². The number of hydrogen-bond donors (Lipinski definition) is 1. The van der Waals surface area contributed by atoms with Crippen molar-refractivity contribution < 1.29 is 0 Å². The van der Waals surface area contributed by atoms with Crippen LogP contribution < -0.4 is 10.6 Å². The molecule has 3 aromatic rings. The highest BCUT2D eigenvalue weighted by Crippen LogP contribution is 2.22. The van der Waals surface area contributed by atoms with Crippen LogP contribution in [-0.4, -0.2) is 22.6 Å². The first-order valence-electron chi connectivity index (χ1n) is 7.31. The number of imidazole rings is 1. The summed E-state index contributed by atoms with van der Waals surface area (Å²) in [6.07, 6.45) is 1.84. The monoisotopic (exact) mass is 280 g/mol. The number of nitrogen functional groups attached to an aromatic ring is 1. The molecule has 0 aliphatic carbocycles. The van der Waals surface area contributed by atoms with Gasteiger partial charge in [0.15, 0.2) is 0 Å². The van der Waals surface area contributed by atoms with E-state index in [9.17, 15) is 0 Å². The topological polar surface area (TPSA) is 47.1 Å². The Balaban J connectivity index is 1.99. The van der Waals surface area contributed by atoms with E-state index in [2.05, 4.69) is 52.6 Å². The molecule has 0 saturated carbocycles. The van der Waals surface area contributed by atoms with Crippen LogP contribution in [0.1, 0.15) is 13.8 Å². The third-order valence-corrected chi connectivity index (χ3v) is 3.83. The fourth-order valence-electron chi connectivity index (χ4n) is 2.65. The third kappa shape index (κ3) is 2.44. The van der Waals surface area contributed by atoms with Crippen molar-refractivity contribution in [1.82, 2.24) is 9.55 Å². The Morgan fingerprint density at radius 1 is 1.05 bits per heavy atom. The van der Waals surface area contributed by atoms with Gasteiger partial charge in [-0.15, -0.1) is 0 Å². The molecular weight excluding hydrogens is 260 g/mol. The van der Waals surface area contributed by atoms with Crippen molar-refractivity contribution in [2.45, 2.75) is 13.8 Å². The molecule has 0 bridgehead atoms. The molecule has 1 heterocycles. The Hall–Kier alpha value is -2.49. The smallest absolute Gasteiger partial charge is 0.100 e. The van der Waals surface area contributed by atoms with Crippen molar-refractivity contribution in [3.8, 4) is 5.69 Å². The molecule has 0 radical (unpaired) electrons. The van der Waals surface area contributed by atoms with Crippen LogP contribution in [0.4, 0.5) is 11.4 Å². The number of rotatable bonds is 4. The molecule has 21 heavy (non-hydrogen) atoms. The Bertz CT molecular complexity index is 739. The second kappa shape index (κ2) is 5.48. The Kier molecular flexibility index (Phi) is 3.52. The van der Waals surface area contributed by atoms with Gasteiger partial charge in [0.1, 0.15) is 6.33 Å². The number of benzene rings is 2. The van der Waals surface area contributed by atoms with Gasteiger partial charge < -0.3 is 10.6 Å². The average molecular weight is 280 g/mol. The molecule has 108 valence electrons. The molecule has 2 N–H and O–H groups in total. The summed E-state index contributed by atoms with van der Waals surface area (Å²) in [6, 6.07) is 14.4. The first kappa shape index (κ1) is 13.5. The summed E-state index contributed by atoms with van der Waals surface area (Å²) >= 11 is 0. The van der Waals surface area contributed by atoms with E-state index < -0.39 is 0 Å². The maximum Gasteiger partial charge on any atom is 0.100 e. The van der Waals surface area contributed by atoms with E-state index in [0.717, 1.165) is 35.5 Å². The average Bonchev–Trinajstić information content (AvgIpc) is 2.92. The van der Waals surface area contributed by atoms with Crippen molar-refractivity contribution in [2.24, 2.45) is 0 Å². The normalized spacial score (nSPS) is 11.0. The van der Waals surface area contributed by atoms with Crippen LogP contribution in [0, 0.1) is 0 Å². The van der Waals surface area contributed by atoms with Crippen LogP contribution >= 0.6 is 0 Å². The van der Waals surface area contributed by atoms with Gasteiger partial charge >= 0.3 is 0 Å². The lowest BCUT2D eigenvalue weighted by atomic mass is 10.2. The van der Waals surface area contributed by atoms with Crippen molar-refractivity contribution in [3.63, 3.8) is 0 Å². The van der Waals surface area contributed by atoms with E-state index in [0.29, 0.717) is 0 Å². The standard InChI is InChI=1S/C17H20N4/c1-3-20(4-2)14-6-8-15(9-7-14)21-12-19-16-11-13(18)5-10-17(16)21/h5-12H,3-4,18H2,1-2H3. The number of fused-ring (bicyclic) bond motifs is 1. The molecule has 2 aromatic carbocycles. The molecule has 0 aliphatic rings. The van der Waals surface area contributed by atoms with E-state index in [-0.39, 0.29) is 0 Å². The molecule has 0 unspecified atom stereocenters. The summed E-state index contributed by atoms with van der Waals surface area (Å²) in [5, 5.41) is 0. The summed E-state index contributed by atoms with van der Waals surface area (Å²) in [6.45, 7) is 6.38. The zero-order valence-electron chi connectivity index (χ0n) is 12.5. The molecule has 4 heteroatoms. The minimum atomic E-state index is 0.740. The lowest BCUT2D eigenvalue weighted by Gasteiger charge is -2.21.